The van der Waals surface area contributed by atoms with Crippen molar-refractivity contribution in [1.29, 1.82) is 0 Å². The zero-order chi connectivity index (χ0) is 36.5. The van der Waals surface area contributed by atoms with Gasteiger partial charge in [-0.25, -0.2) is 0 Å². The molecule has 8 aliphatic rings. The SMILES string of the molecule is CC(C)=CCc1c(O)cc(O)c2c1O[C@H](c1ccc(O)cc1)CC2=O.C[C@]12CCC(=O)C=C1[C@@H]1C[C@@H]1[C@H]1[C@@H]3[C@@H]4C[C@@H]4[C@@]4(CCC(=O)O4)[C@@]3(C)CC[C@@H]12. The van der Waals surface area contributed by atoms with Crippen molar-refractivity contribution in [3.8, 4) is 23.0 Å². The van der Waals surface area contributed by atoms with Crippen molar-refractivity contribution >= 4 is 17.5 Å². The third kappa shape index (κ3) is 4.80. The minimum absolute atomic E-state index is 0.0561. The number of hydrogen-bond donors (Lipinski definition) is 3. The largest absolute Gasteiger partial charge is 0.508 e. The highest BCUT2D eigenvalue weighted by Crippen LogP contribution is 2.82. The maximum absolute atomic E-state index is 12.6. The molecule has 2 aromatic carbocycles. The number of rotatable bonds is 3. The monoisotopic (exact) mass is 706 g/mol. The second-order valence-electron chi connectivity index (χ2n) is 17.9. The van der Waals surface area contributed by atoms with E-state index in [0.717, 1.165) is 60.0 Å². The predicted molar refractivity (Wildman–Crippen MR) is 193 cm³/mol. The molecule has 6 fully saturated rings. The van der Waals surface area contributed by atoms with Crippen molar-refractivity contribution in [3.05, 3.63) is 70.3 Å². The van der Waals surface area contributed by atoms with Crippen LogP contribution in [-0.2, 0) is 20.7 Å². The number of ether oxygens (including phenoxy) is 2. The molecule has 52 heavy (non-hydrogen) atoms. The summed E-state index contributed by atoms with van der Waals surface area (Å²) >= 11 is 0. The Kier molecular flexibility index (Phi) is 7.44. The first-order valence-corrected chi connectivity index (χ1v) is 19.4. The van der Waals surface area contributed by atoms with Crippen molar-refractivity contribution in [2.45, 2.75) is 104 Å². The van der Waals surface area contributed by atoms with Gasteiger partial charge in [0.15, 0.2) is 11.6 Å². The van der Waals surface area contributed by atoms with Crippen LogP contribution in [0.4, 0.5) is 0 Å². The molecule has 274 valence electrons. The maximum atomic E-state index is 12.6. The lowest BCUT2D eigenvalue weighted by molar-refractivity contribution is -0.177. The van der Waals surface area contributed by atoms with Gasteiger partial charge in [-0.05, 0) is 123 Å². The van der Waals surface area contributed by atoms with Crippen molar-refractivity contribution in [3.63, 3.8) is 0 Å². The summed E-state index contributed by atoms with van der Waals surface area (Å²) in [5, 5.41) is 29.7. The summed E-state index contributed by atoms with van der Waals surface area (Å²) in [5.74, 6) is 5.39. The molecule has 2 aliphatic heterocycles. The van der Waals surface area contributed by atoms with Crippen LogP contribution in [-0.4, -0.2) is 38.5 Å². The zero-order valence-corrected chi connectivity index (χ0v) is 30.6. The van der Waals surface area contributed by atoms with Gasteiger partial charge in [0.1, 0.15) is 40.3 Å². The number of ketones is 2. The topological polar surface area (TPSA) is 130 Å². The van der Waals surface area contributed by atoms with Crippen molar-refractivity contribution in [2.75, 3.05) is 0 Å². The summed E-state index contributed by atoms with van der Waals surface area (Å²) in [5.41, 5.74) is 4.25. The Balaban J connectivity index is 0.000000139. The number of fused-ring (bicyclic) bond motifs is 13. The predicted octanol–water partition coefficient (Wildman–Crippen LogP) is 8.32. The minimum atomic E-state index is -0.535. The molecule has 2 heterocycles. The van der Waals surface area contributed by atoms with Crippen LogP contribution in [0.15, 0.2) is 53.6 Å². The van der Waals surface area contributed by atoms with Gasteiger partial charge in [0, 0.05) is 35.8 Å². The summed E-state index contributed by atoms with van der Waals surface area (Å²) in [6.07, 6.45) is 12.4. The van der Waals surface area contributed by atoms with Gasteiger partial charge in [0.05, 0.1) is 6.42 Å². The van der Waals surface area contributed by atoms with E-state index in [1.54, 1.807) is 12.1 Å². The lowest BCUT2D eigenvalue weighted by Crippen LogP contribution is -2.57. The van der Waals surface area contributed by atoms with Gasteiger partial charge in [-0.3, -0.25) is 14.4 Å². The van der Waals surface area contributed by atoms with Gasteiger partial charge < -0.3 is 24.8 Å². The number of Topliss-reactive ketones (excluding diaryl/α,β-unsaturated/α-hetero) is 1. The maximum Gasteiger partial charge on any atom is 0.306 e. The zero-order valence-electron chi connectivity index (χ0n) is 30.6. The van der Waals surface area contributed by atoms with Gasteiger partial charge >= 0.3 is 5.97 Å². The molecule has 11 atom stereocenters. The molecular weight excluding hydrogens is 656 g/mol. The Hall–Kier alpha value is -4.07. The number of carbonyl (C=O) groups is 3. The Labute approximate surface area is 305 Å². The molecule has 3 N–H and O–H groups in total. The average molecular weight is 707 g/mol. The molecule has 6 aliphatic carbocycles. The van der Waals surface area contributed by atoms with Gasteiger partial charge in [-0.15, -0.1) is 0 Å². The van der Waals surface area contributed by atoms with E-state index in [4.69, 9.17) is 9.47 Å². The molecule has 0 amide bonds. The number of allylic oxidation sites excluding steroid dienone is 3. The van der Waals surface area contributed by atoms with Crippen LogP contribution in [0.3, 0.4) is 0 Å². The van der Waals surface area contributed by atoms with Crippen LogP contribution >= 0.6 is 0 Å². The first kappa shape index (κ1) is 33.7. The van der Waals surface area contributed by atoms with E-state index in [0.29, 0.717) is 36.0 Å². The fourth-order valence-corrected chi connectivity index (χ4v) is 12.6. The Morgan fingerprint density at radius 1 is 0.923 bits per heavy atom. The number of esters is 1. The quantitative estimate of drug-likeness (QED) is 0.215. The lowest BCUT2D eigenvalue weighted by atomic mass is 9.45. The molecule has 2 aromatic rings. The van der Waals surface area contributed by atoms with Crippen molar-refractivity contribution < 1.29 is 39.2 Å². The summed E-state index contributed by atoms with van der Waals surface area (Å²) in [7, 11) is 0. The fourth-order valence-electron chi connectivity index (χ4n) is 12.6. The molecule has 10 rings (SSSR count). The van der Waals surface area contributed by atoms with E-state index in [9.17, 15) is 29.7 Å². The summed E-state index contributed by atoms with van der Waals surface area (Å²) in [6.45, 7) is 8.86. The second kappa shape index (κ2) is 11.5. The van der Waals surface area contributed by atoms with E-state index in [1.165, 1.54) is 49.5 Å². The molecule has 5 saturated carbocycles. The van der Waals surface area contributed by atoms with Crippen LogP contribution in [0.2, 0.25) is 0 Å². The molecule has 8 heteroatoms. The van der Waals surface area contributed by atoms with E-state index >= 15 is 0 Å². The molecule has 1 saturated heterocycles. The molecule has 0 aromatic heterocycles. The first-order chi connectivity index (χ1) is 24.8. The van der Waals surface area contributed by atoms with Crippen molar-refractivity contribution in [1.82, 2.24) is 0 Å². The van der Waals surface area contributed by atoms with Gasteiger partial charge in [-0.2, -0.15) is 0 Å². The summed E-state index contributed by atoms with van der Waals surface area (Å²) in [4.78, 5) is 36.9. The highest BCUT2D eigenvalue weighted by atomic mass is 16.6. The van der Waals surface area contributed by atoms with Crippen LogP contribution in [0.5, 0.6) is 23.0 Å². The van der Waals surface area contributed by atoms with Gasteiger partial charge in [0.25, 0.3) is 0 Å². The molecule has 0 radical (unpaired) electrons. The van der Waals surface area contributed by atoms with E-state index in [1.807, 2.05) is 19.9 Å². The summed E-state index contributed by atoms with van der Waals surface area (Å²) in [6, 6.07) is 7.63. The number of aromatic hydroxyl groups is 3. The molecule has 8 nitrogen and oxygen atoms in total. The summed E-state index contributed by atoms with van der Waals surface area (Å²) < 4.78 is 12.2. The second-order valence-corrected chi connectivity index (χ2v) is 17.9. The van der Waals surface area contributed by atoms with Gasteiger partial charge in [0.2, 0.25) is 0 Å². The standard InChI is InChI=1S/C24H30O3.C20H20O5/c1-22-6-3-12(25)9-17(22)13-10-14(13)20-16(22)4-7-23(2)21(20)15-11-18(15)24(23)8-5-19(26)27-24;1-11(2)3-8-14-15(22)9-16(23)19-17(24)10-18(25-20(14)19)12-4-6-13(21)7-5-12/h9,13-16,18,20-21H,3-8,10-11H2,1-2H3;3-7,9,18,21-23H,8,10H2,1-2H3/t13-,14+,15-,16+,18+,20-,21+,22-,23+,24+;18-/m10/s1. The average Bonchev–Trinajstić information content (AvgIpc) is 4.01. The smallest absolute Gasteiger partial charge is 0.306 e. The first-order valence-electron chi connectivity index (χ1n) is 19.4. The number of carbonyl (C=O) groups excluding carboxylic acids is 3. The molecular formula is C44H50O8. The fraction of sp³-hybridized carbons (Fsp3) is 0.568. The van der Waals surface area contributed by atoms with Crippen LogP contribution in [0.25, 0.3) is 0 Å². The van der Waals surface area contributed by atoms with Gasteiger partial charge in [-0.1, -0.05) is 43.2 Å². The highest BCUT2D eigenvalue weighted by molar-refractivity contribution is 6.03. The molecule has 1 spiro atoms. The molecule has 0 bridgehead atoms. The number of benzene rings is 2. The van der Waals surface area contributed by atoms with E-state index < -0.39 is 6.10 Å². The van der Waals surface area contributed by atoms with E-state index in [2.05, 4.69) is 19.9 Å². The number of phenols is 3. The van der Waals surface area contributed by atoms with Crippen LogP contribution in [0.1, 0.15) is 113 Å². The third-order valence-corrected chi connectivity index (χ3v) is 15.1. The minimum Gasteiger partial charge on any atom is -0.508 e. The number of phenolic OH excluding ortho intramolecular Hbond substituents is 3. The normalized spacial score (nSPS) is 39.9. The Bertz CT molecular complexity index is 1950. The Morgan fingerprint density at radius 3 is 2.40 bits per heavy atom. The van der Waals surface area contributed by atoms with Crippen LogP contribution in [0, 0.1) is 52.3 Å². The highest BCUT2D eigenvalue weighted by Gasteiger charge is 2.81. The van der Waals surface area contributed by atoms with Crippen LogP contribution < -0.4 is 4.74 Å². The van der Waals surface area contributed by atoms with E-state index in [-0.39, 0.29) is 63.2 Å². The lowest BCUT2D eigenvalue weighted by Gasteiger charge is -2.60. The number of hydrogen-bond acceptors (Lipinski definition) is 8. The molecule has 0 unspecified atom stereocenters. The Morgan fingerprint density at radius 2 is 1.69 bits per heavy atom. The third-order valence-electron chi connectivity index (χ3n) is 15.1. The van der Waals surface area contributed by atoms with Crippen molar-refractivity contribution in [2.24, 2.45) is 52.3 Å².